The molecule has 0 spiro atoms. The average Bonchev–Trinajstić information content (AvgIpc) is 2.81. The van der Waals surface area contributed by atoms with Crippen LogP contribution in [-0.2, 0) is 9.59 Å². The van der Waals surface area contributed by atoms with Gasteiger partial charge in [-0.1, -0.05) is 54.9 Å². The zero-order chi connectivity index (χ0) is 24.2. The maximum absolute atomic E-state index is 13.8. The molecule has 0 saturated carbocycles. The molecule has 1 aromatic heterocycles. The third kappa shape index (κ3) is 4.70. The molecule has 0 radical (unpaired) electrons. The second-order valence-electron chi connectivity index (χ2n) is 7.77. The van der Waals surface area contributed by atoms with E-state index in [0.29, 0.717) is 39.4 Å². The minimum atomic E-state index is -0.800. The number of carbonyl (C=O) groups is 2. The average molecular weight is 475 g/mol. The third-order valence-corrected chi connectivity index (χ3v) is 5.62. The summed E-state index contributed by atoms with van der Waals surface area (Å²) < 4.78 is 1.47. The lowest BCUT2D eigenvalue weighted by Crippen LogP contribution is -2.34. The molecule has 1 atom stereocenters. The Kier molecular flexibility index (Phi) is 6.75. The Morgan fingerprint density at radius 1 is 1.00 bits per heavy atom. The Balaban J connectivity index is 1.89. The first-order valence-electron chi connectivity index (χ1n) is 10.8. The Labute approximate surface area is 201 Å². The van der Waals surface area contributed by atoms with E-state index < -0.39 is 11.6 Å². The molecule has 34 heavy (non-hydrogen) atoms. The molecule has 0 aliphatic heterocycles. The van der Waals surface area contributed by atoms with Gasteiger partial charge in [-0.25, -0.2) is 4.98 Å². The lowest BCUT2D eigenvalue weighted by Gasteiger charge is -2.21. The van der Waals surface area contributed by atoms with Gasteiger partial charge in [-0.05, 0) is 42.8 Å². The number of fused-ring (bicyclic) bond motifs is 1. The van der Waals surface area contributed by atoms with Crippen molar-refractivity contribution >= 4 is 45.8 Å². The van der Waals surface area contributed by atoms with Crippen LogP contribution in [0.1, 0.15) is 26.3 Å². The van der Waals surface area contributed by atoms with E-state index >= 15 is 0 Å². The number of nitrogens with one attached hydrogen (secondary N) is 2. The highest BCUT2D eigenvalue weighted by molar-refractivity contribution is 6.30. The van der Waals surface area contributed by atoms with Gasteiger partial charge in [0.2, 0.25) is 11.8 Å². The summed E-state index contributed by atoms with van der Waals surface area (Å²) in [6.45, 7) is 3.24. The van der Waals surface area contributed by atoms with Gasteiger partial charge in [0.15, 0.2) is 0 Å². The molecule has 2 amide bonds. The van der Waals surface area contributed by atoms with Gasteiger partial charge in [0.25, 0.3) is 5.56 Å². The van der Waals surface area contributed by atoms with E-state index in [1.807, 2.05) is 13.0 Å². The number of halogens is 1. The van der Waals surface area contributed by atoms with Crippen molar-refractivity contribution in [3.8, 4) is 11.3 Å². The Morgan fingerprint density at radius 2 is 1.74 bits per heavy atom. The van der Waals surface area contributed by atoms with Crippen LogP contribution in [0.4, 0.5) is 11.4 Å². The molecule has 7 nitrogen and oxygen atoms in total. The summed E-state index contributed by atoms with van der Waals surface area (Å²) in [6.07, 6.45) is 0.368. The number of aromatic nitrogens is 2. The first kappa shape index (κ1) is 23.2. The van der Waals surface area contributed by atoms with Crippen LogP contribution < -0.4 is 16.2 Å². The molecule has 2 N–H and O–H groups in total. The van der Waals surface area contributed by atoms with Crippen LogP contribution in [0.2, 0.25) is 5.02 Å². The van der Waals surface area contributed by atoms with E-state index in [2.05, 4.69) is 15.6 Å². The van der Waals surface area contributed by atoms with Crippen LogP contribution >= 0.6 is 11.6 Å². The molecule has 0 unspecified atom stereocenters. The van der Waals surface area contributed by atoms with Crippen LogP contribution in [0.5, 0.6) is 0 Å². The zero-order valence-corrected chi connectivity index (χ0v) is 19.5. The fraction of sp³-hybridized carbons (Fsp3) is 0.154. The second-order valence-corrected chi connectivity index (χ2v) is 8.21. The molecule has 0 fully saturated rings. The summed E-state index contributed by atoms with van der Waals surface area (Å²) in [6, 6.07) is 20.2. The van der Waals surface area contributed by atoms with Crippen LogP contribution in [0.25, 0.3) is 22.3 Å². The van der Waals surface area contributed by atoms with E-state index in [0.717, 1.165) is 0 Å². The molecular weight excluding hydrogens is 452 g/mol. The molecule has 8 heteroatoms. The predicted molar refractivity (Wildman–Crippen MR) is 135 cm³/mol. The third-order valence-electron chi connectivity index (χ3n) is 5.38. The van der Waals surface area contributed by atoms with Crippen molar-refractivity contribution in [1.29, 1.82) is 0 Å². The fourth-order valence-corrected chi connectivity index (χ4v) is 4.09. The number of carbonyl (C=O) groups excluding carboxylic acids is 2. The molecule has 3 aromatic carbocycles. The smallest absolute Gasteiger partial charge is 0.278 e. The standard InChI is InChI=1S/C26H23ClN4O3/c1-3-22(25(33)29-18-10-8-9-17(27)15-18)31-23-14-7-6-13-21(23)30-24(26(31)34)19-11-4-5-12-20(19)28-16(2)32/h4-15,22H,3H2,1-2H3,(H,28,32)(H,29,33)/t22-/m1/s1. The molecule has 172 valence electrons. The van der Waals surface area contributed by atoms with Gasteiger partial charge >= 0.3 is 0 Å². The van der Waals surface area contributed by atoms with Crippen molar-refractivity contribution in [2.45, 2.75) is 26.3 Å². The normalized spacial score (nSPS) is 11.7. The number of benzene rings is 3. The summed E-state index contributed by atoms with van der Waals surface area (Å²) in [5.74, 6) is -0.606. The van der Waals surface area contributed by atoms with Crippen LogP contribution in [0.15, 0.2) is 77.6 Å². The minimum absolute atomic E-state index is 0.150. The fourth-order valence-electron chi connectivity index (χ4n) is 3.90. The first-order valence-corrected chi connectivity index (χ1v) is 11.2. The maximum atomic E-state index is 13.8. The van der Waals surface area contributed by atoms with E-state index in [9.17, 15) is 14.4 Å². The molecule has 4 rings (SSSR count). The van der Waals surface area contributed by atoms with E-state index in [-0.39, 0.29) is 17.5 Å². The van der Waals surface area contributed by atoms with E-state index in [1.165, 1.54) is 11.5 Å². The topological polar surface area (TPSA) is 93.1 Å². The molecular formula is C26H23ClN4O3. The number of amides is 2. The van der Waals surface area contributed by atoms with Crippen LogP contribution in [0.3, 0.4) is 0 Å². The SMILES string of the molecule is CC[C@H](C(=O)Nc1cccc(Cl)c1)n1c(=O)c(-c2ccccc2NC(C)=O)nc2ccccc21. The Bertz CT molecular complexity index is 1450. The lowest BCUT2D eigenvalue weighted by atomic mass is 10.1. The summed E-state index contributed by atoms with van der Waals surface area (Å²) in [5, 5.41) is 6.11. The number of rotatable bonds is 6. The van der Waals surface area contributed by atoms with Gasteiger partial charge in [0.05, 0.1) is 16.7 Å². The van der Waals surface area contributed by atoms with Crippen molar-refractivity contribution in [1.82, 2.24) is 9.55 Å². The minimum Gasteiger partial charge on any atom is -0.326 e. The maximum Gasteiger partial charge on any atom is 0.278 e. The quantitative estimate of drug-likeness (QED) is 0.398. The van der Waals surface area contributed by atoms with Crippen molar-refractivity contribution in [2.75, 3.05) is 10.6 Å². The van der Waals surface area contributed by atoms with Crippen molar-refractivity contribution in [3.63, 3.8) is 0 Å². The van der Waals surface area contributed by atoms with Gasteiger partial charge in [-0.3, -0.25) is 19.0 Å². The number of anilines is 2. The largest absolute Gasteiger partial charge is 0.326 e. The molecule has 0 aliphatic rings. The summed E-state index contributed by atoms with van der Waals surface area (Å²) in [7, 11) is 0. The van der Waals surface area contributed by atoms with Gasteiger partial charge < -0.3 is 10.6 Å². The van der Waals surface area contributed by atoms with Gasteiger partial charge in [-0.2, -0.15) is 0 Å². The molecule has 4 aromatic rings. The molecule has 0 saturated heterocycles. The van der Waals surface area contributed by atoms with Crippen molar-refractivity contribution in [2.24, 2.45) is 0 Å². The van der Waals surface area contributed by atoms with Crippen LogP contribution in [0, 0.1) is 0 Å². The van der Waals surface area contributed by atoms with Crippen LogP contribution in [-0.4, -0.2) is 21.4 Å². The highest BCUT2D eigenvalue weighted by Gasteiger charge is 2.25. The van der Waals surface area contributed by atoms with E-state index in [1.54, 1.807) is 66.7 Å². The second kappa shape index (κ2) is 9.89. The van der Waals surface area contributed by atoms with Crippen molar-refractivity contribution in [3.05, 3.63) is 88.2 Å². The molecule has 0 bridgehead atoms. The molecule has 0 aliphatic carbocycles. The number of para-hydroxylation sites is 3. The summed E-state index contributed by atoms with van der Waals surface area (Å²) in [4.78, 5) is 43.5. The highest BCUT2D eigenvalue weighted by atomic mass is 35.5. The van der Waals surface area contributed by atoms with Gasteiger partial charge in [-0.15, -0.1) is 0 Å². The van der Waals surface area contributed by atoms with Gasteiger partial charge in [0.1, 0.15) is 11.7 Å². The summed E-state index contributed by atoms with van der Waals surface area (Å²) in [5.41, 5.74) is 2.32. The Hall–Kier alpha value is -3.97. The molecule has 1 heterocycles. The van der Waals surface area contributed by atoms with Gasteiger partial charge in [0, 0.05) is 23.2 Å². The predicted octanol–water partition coefficient (Wildman–Crippen LogP) is 5.27. The van der Waals surface area contributed by atoms with E-state index in [4.69, 9.17) is 11.6 Å². The lowest BCUT2D eigenvalue weighted by molar-refractivity contribution is -0.119. The summed E-state index contributed by atoms with van der Waals surface area (Å²) >= 11 is 6.06. The monoisotopic (exact) mass is 474 g/mol. The Morgan fingerprint density at radius 3 is 2.47 bits per heavy atom. The number of hydrogen-bond acceptors (Lipinski definition) is 4. The highest BCUT2D eigenvalue weighted by Crippen LogP contribution is 2.27. The number of nitrogens with zero attached hydrogens (tertiary/aromatic N) is 2. The van der Waals surface area contributed by atoms with Crippen molar-refractivity contribution < 1.29 is 9.59 Å². The first-order chi connectivity index (χ1) is 16.4. The zero-order valence-electron chi connectivity index (χ0n) is 18.7. The number of hydrogen-bond donors (Lipinski definition) is 2.